The van der Waals surface area contributed by atoms with E-state index in [2.05, 4.69) is 12.1 Å². The lowest BCUT2D eigenvalue weighted by molar-refractivity contribution is -0.115. The van der Waals surface area contributed by atoms with Crippen LogP contribution in [0.2, 0.25) is 0 Å². The van der Waals surface area contributed by atoms with Crippen LogP contribution in [0.25, 0.3) is 74.6 Å². The lowest BCUT2D eigenvalue weighted by Crippen LogP contribution is -2.13. The monoisotopic (exact) mass is 744 g/mol. The summed E-state index contributed by atoms with van der Waals surface area (Å²) in [5.41, 5.74) is 5.12. The van der Waals surface area contributed by atoms with Gasteiger partial charge in [0, 0.05) is 44.1 Å². The molecule has 7 heterocycles. The van der Waals surface area contributed by atoms with Crippen molar-refractivity contribution in [3.63, 3.8) is 0 Å². The van der Waals surface area contributed by atoms with Crippen LogP contribution >= 0.6 is 34.0 Å². The second-order valence-electron chi connectivity index (χ2n) is 13.4. The van der Waals surface area contributed by atoms with E-state index in [0.29, 0.717) is 35.8 Å². The molecule has 256 valence electrons. The van der Waals surface area contributed by atoms with E-state index in [0.717, 1.165) is 73.2 Å². The van der Waals surface area contributed by atoms with Gasteiger partial charge in [-0.25, -0.2) is 0 Å². The van der Waals surface area contributed by atoms with Crippen LogP contribution in [-0.2, 0) is 22.4 Å². The van der Waals surface area contributed by atoms with Gasteiger partial charge in [0.1, 0.15) is 4.70 Å². The number of aromatic nitrogens is 2. The first-order valence-electron chi connectivity index (χ1n) is 17.4. The van der Waals surface area contributed by atoms with Gasteiger partial charge in [-0.3, -0.25) is 28.0 Å². The third-order valence-electron chi connectivity index (χ3n) is 10.0. The summed E-state index contributed by atoms with van der Waals surface area (Å²) in [7, 11) is 0. The minimum absolute atomic E-state index is 0.0598. The standard InChI is InChI=1S/C44H28N2O4S3/c47-27(13-11-25-7-3-1-4-8-25)15-17-29-21-34-37(51-29)23-33-31-19-20-32-40-39(31)42(44(50)45(33)34)53-41(40)36-24-38-35(46(36)43(32)49)22-30(52-38)18-16-28(48)14-12-26-9-5-2-6-10-26/h1-14,19-24H,15-18H2/b13-11+,14-12+. The zero-order chi connectivity index (χ0) is 35.8. The first-order chi connectivity index (χ1) is 25.9. The number of rotatable bonds is 10. The fourth-order valence-corrected chi connectivity index (χ4v) is 11.0. The normalized spacial score (nSPS) is 12.6. The van der Waals surface area contributed by atoms with E-state index in [1.165, 1.54) is 11.3 Å². The maximum Gasteiger partial charge on any atom is 0.273 e. The molecular formula is C44H28N2O4S3. The summed E-state index contributed by atoms with van der Waals surface area (Å²) < 4.78 is 7.15. The van der Waals surface area contributed by atoms with Crippen LogP contribution in [0.3, 0.4) is 0 Å². The van der Waals surface area contributed by atoms with E-state index >= 15 is 0 Å². The highest BCUT2D eigenvalue weighted by molar-refractivity contribution is 7.27. The van der Waals surface area contributed by atoms with E-state index in [1.807, 2.05) is 101 Å². The largest absolute Gasteiger partial charge is 0.295 e. The van der Waals surface area contributed by atoms with Gasteiger partial charge < -0.3 is 0 Å². The number of pyridine rings is 2. The van der Waals surface area contributed by atoms with Crippen molar-refractivity contribution >= 4 is 120 Å². The first-order valence-corrected chi connectivity index (χ1v) is 19.9. The smallest absolute Gasteiger partial charge is 0.273 e. The van der Waals surface area contributed by atoms with E-state index in [-0.39, 0.29) is 22.7 Å². The summed E-state index contributed by atoms with van der Waals surface area (Å²) in [6, 6.07) is 31.7. The maximum absolute atomic E-state index is 14.3. The Hall–Kier alpha value is -5.74. The number of ketones is 2. The minimum atomic E-state index is -0.100. The predicted molar refractivity (Wildman–Crippen MR) is 222 cm³/mol. The molecular weight excluding hydrogens is 717 g/mol. The number of hydrogen-bond acceptors (Lipinski definition) is 7. The molecule has 0 amide bonds. The van der Waals surface area contributed by atoms with Gasteiger partial charge in [-0.05, 0) is 66.5 Å². The number of hydrogen-bond donors (Lipinski definition) is 0. The van der Waals surface area contributed by atoms with Crippen molar-refractivity contribution < 1.29 is 9.59 Å². The van der Waals surface area contributed by atoms with Gasteiger partial charge in [-0.15, -0.1) is 34.0 Å². The quantitative estimate of drug-likeness (QED) is 0.103. The Bertz CT molecular complexity index is 3250. The average Bonchev–Trinajstić information content (AvgIpc) is 3.99. The van der Waals surface area contributed by atoms with Crippen LogP contribution in [0.15, 0.2) is 119 Å². The molecule has 0 aliphatic heterocycles. The highest BCUT2D eigenvalue weighted by atomic mass is 32.1. The third-order valence-corrected chi connectivity index (χ3v) is 13.5. The number of carbonyl (C=O) groups excluding carboxylic acids is 2. The van der Waals surface area contributed by atoms with Crippen molar-refractivity contribution in [1.29, 1.82) is 0 Å². The number of fused-ring (bicyclic) bond motifs is 8. The summed E-state index contributed by atoms with van der Waals surface area (Å²) in [5.74, 6) is 0.124. The van der Waals surface area contributed by atoms with Gasteiger partial charge in [0.15, 0.2) is 11.6 Å². The number of nitrogens with zero attached hydrogens (tertiary/aromatic N) is 2. The zero-order valence-electron chi connectivity index (χ0n) is 28.1. The van der Waals surface area contributed by atoms with Gasteiger partial charge in [0.05, 0.1) is 36.2 Å². The highest BCUT2D eigenvalue weighted by Crippen LogP contribution is 2.44. The van der Waals surface area contributed by atoms with E-state index < -0.39 is 0 Å². The molecule has 9 heteroatoms. The molecule has 0 aliphatic carbocycles. The summed E-state index contributed by atoms with van der Waals surface area (Å²) >= 11 is 4.69. The lowest BCUT2D eigenvalue weighted by Gasteiger charge is -2.06. The highest BCUT2D eigenvalue weighted by Gasteiger charge is 2.25. The Morgan fingerprint density at radius 1 is 0.528 bits per heavy atom. The summed E-state index contributed by atoms with van der Waals surface area (Å²) in [4.78, 5) is 55.9. The van der Waals surface area contributed by atoms with Crippen molar-refractivity contribution in [2.75, 3.05) is 0 Å². The molecule has 0 aliphatic rings. The zero-order valence-corrected chi connectivity index (χ0v) is 30.6. The predicted octanol–water partition coefficient (Wildman–Crippen LogP) is 10.2. The molecule has 0 saturated heterocycles. The fraction of sp³-hybridized carbons (Fsp3) is 0.0909. The van der Waals surface area contributed by atoms with Gasteiger partial charge >= 0.3 is 0 Å². The molecule has 0 fully saturated rings. The van der Waals surface area contributed by atoms with Gasteiger partial charge in [0.2, 0.25) is 0 Å². The van der Waals surface area contributed by atoms with Crippen LogP contribution in [0.5, 0.6) is 0 Å². The summed E-state index contributed by atoms with van der Waals surface area (Å²) in [6.07, 6.45) is 8.94. The number of allylic oxidation sites excluding steroid dienone is 2. The number of carbonyl (C=O) groups is 2. The molecule has 6 nitrogen and oxygen atoms in total. The SMILES string of the molecule is O=C(/C=C/c1ccccc1)CCc1cc2c(cc3c4ccc5c(=O)n6c7cc(CCC(=O)/C=C/c8ccccc8)sc7cc6c6sc(c(=O)n23)c4c56)s1. The fourth-order valence-electron chi connectivity index (χ4n) is 7.52. The van der Waals surface area contributed by atoms with E-state index in [1.54, 1.807) is 39.2 Å². The Labute approximate surface area is 313 Å². The van der Waals surface area contributed by atoms with Crippen LogP contribution in [0, 0.1) is 0 Å². The van der Waals surface area contributed by atoms with Crippen molar-refractivity contribution in [1.82, 2.24) is 8.80 Å². The van der Waals surface area contributed by atoms with Crippen molar-refractivity contribution in [3.05, 3.63) is 151 Å². The van der Waals surface area contributed by atoms with Gasteiger partial charge in [0.25, 0.3) is 11.1 Å². The molecule has 3 aromatic carbocycles. The molecule has 0 radical (unpaired) electrons. The maximum atomic E-state index is 14.3. The molecule has 0 unspecified atom stereocenters. The molecule has 53 heavy (non-hydrogen) atoms. The van der Waals surface area contributed by atoms with Crippen LogP contribution in [0.1, 0.15) is 33.7 Å². The number of benzene rings is 3. The Kier molecular flexibility index (Phi) is 7.50. The minimum Gasteiger partial charge on any atom is -0.295 e. The number of thiophene rings is 3. The van der Waals surface area contributed by atoms with Crippen molar-refractivity contribution in [3.8, 4) is 0 Å². The van der Waals surface area contributed by atoms with Crippen molar-refractivity contribution in [2.45, 2.75) is 25.7 Å². The van der Waals surface area contributed by atoms with Gasteiger partial charge in [-0.2, -0.15) is 0 Å². The molecule has 0 spiro atoms. The lowest BCUT2D eigenvalue weighted by atomic mass is 10.0. The Morgan fingerprint density at radius 2 is 1.04 bits per heavy atom. The Morgan fingerprint density at radius 3 is 1.62 bits per heavy atom. The molecule has 0 atom stereocenters. The van der Waals surface area contributed by atoms with Crippen molar-refractivity contribution in [2.24, 2.45) is 0 Å². The summed E-state index contributed by atoms with van der Waals surface area (Å²) in [6.45, 7) is 0. The first kappa shape index (κ1) is 32.0. The topological polar surface area (TPSA) is 77.1 Å². The number of aryl methyl sites for hydroxylation is 2. The second kappa shape index (κ2) is 12.4. The van der Waals surface area contributed by atoms with E-state index in [4.69, 9.17) is 0 Å². The average molecular weight is 745 g/mol. The van der Waals surface area contributed by atoms with Crippen LogP contribution < -0.4 is 11.1 Å². The van der Waals surface area contributed by atoms with Crippen LogP contribution in [-0.4, -0.2) is 20.4 Å². The molecule has 0 N–H and O–H groups in total. The second-order valence-corrected chi connectivity index (χ2v) is 16.7. The molecule has 7 aromatic heterocycles. The molecule has 10 aromatic rings. The molecule has 10 rings (SSSR count). The molecule has 0 bridgehead atoms. The van der Waals surface area contributed by atoms with E-state index in [9.17, 15) is 19.2 Å². The third kappa shape index (κ3) is 5.26. The molecule has 0 saturated carbocycles. The van der Waals surface area contributed by atoms with Gasteiger partial charge in [-0.1, -0.05) is 78.9 Å². The summed E-state index contributed by atoms with van der Waals surface area (Å²) in [5, 5.41) is 3.26. The Balaban J connectivity index is 0.993. The van der Waals surface area contributed by atoms with Crippen LogP contribution in [0.4, 0.5) is 0 Å².